The van der Waals surface area contributed by atoms with Gasteiger partial charge in [0.15, 0.2) is 0 Å². The highest BCUT2D eigenvalue weighted by Gasteiger charge is 2.47. The van der Waals surface area contributed by atoms with E-state index < -0.39 is 35.1 Å². The quantitative estimate of drug-likeness (QED) is 0.148. The highest BCUT2D eigenvalue weighted by Crippen LogP contribution is 2.42. The largest absolute Gasteiger partial charge is 0.422 e. The predicted octanol–water partition coefficient (Wildman–Crippen LogP) is 12.1. The van der Waals surface area contributed by atoms with Gasteiger partial charge >= 0.3 is 12.4 Å². The monoisotopic (exact) mass is 1430 g/mol. The normalized spacial score (nSPS) is 31.3. The number of hydrogen-bond acceptors (Lipinski definition) is 13. The summed E-state index contributed by atoms with van der Waals surface area (Å²) < 4.78 is 121. The van der Waals surface area contributed by atoms with Crippen molar-refractivity contribution in [3.05, 3.63) is 82.4 Å². The Balaban J connectivity index is 1.03. The van der Waals surface area contributed by atoms with Crippen LogP contribution < -0.4 is 10.6 Å². The minimum absolute atomic E-state index is 0.0174. The summed E-state index contributed by atoms with van der Waals surface area (Å²) in [7, 11) is 13.5. The van der Waals surface area contributed by atoms with Crippen LogP contribution in [0.3, 0.4) is 0 Å². The van der Waals surface area contributed by atoms with E-state index in [0.717, 1.165) is 186 Å². The highest BCUT2D eigenvalue weighted by molar-refractivity contribution is 5.82. The fourth-order valence-corrected chi connectivity index (χ4v) is 18.5. The van der Waals surface area contributed by atoms with Crippen LogP contribution in [0.25, 0.3) is 0 Å². The number of carbonyl (C=O) groups is 1. The number of ether oxygens (including phenoxy) is 1. The van der Waals surface area contributed by atoms with Gasteiger partial charge in [-0.3, -0.25) is 29.3 Å². The van der Waals surface area contributed by atoms with E-state index >= 15 is 13.6 Å². The van der Waals surface area contributed by atoms with E-state index in [1.165, 1.54) is 37.8 Å². The lowest BCUT2D eigenvalue weighted by molar-refractivity contribution is -0.142. The lowest BCUT2D eigenvalue weighted by Gasteiger charge is -2.53. The number of fused-ring (bicyclic) bond motifs is 4. The van der Waals surface area contributed by atoms with Crippen molar-refractivity contribution in [1.82, 2.24) is 59.6 Å². The summed E-state index contributed by atoms with van der Waals surface area (Å²) in [6.07, 6.45) is 15.1. The molecule has 0 radical (unpaired) electrons. The maximum absolute atomic E-state index is 15.3. The summed E-state index contributed by atoms with van der Waals surface area (Å²) in [5, 5.41) is 8.06. The van der Waals surface area contributed by atoms with Crippen LogP contribution in [0.5, 0.6) is 0 Å². The van der Waals surface area contributed by atoms with E-state index in [2.05, 4.69) is 135 Å². The highest BCUT2D eigenvalue weighted by atomic mass is 19.4. The lowest BCUT2D eigenvalue weighted by Crippen LogP contribution is -2.63. The van der Waals surface area contributed by atoms with Crippen molar-refractivity contribution >= 4 is 5.91 Å². The molecule has 7 aliphatic rings. The Labute approximate surface area is 603 Å². The van der Waals surface area contributed by atoms with Crippen molar-refractivity contribution in [2.45, 2.75) is 241 Å². The van der Waals surface area contributed by atoms with E-state index in [4.69, 9.17) is 4.74 Å². The lowest BCUT2D eigenvalue weighted by atomic mass is 9.74. The number of rotatable bonds is 13. The van der Waals surface area contributed by atoms with Gasteiger partial charge < -0.3 is 39.9 Å². The van der Waals surface area contributed by atoms with Gasteiger partial charge in [0.2, 0.25) is 5.91 Å². The molecule has 5 aliphatic heterocycles. The molecule has 1 unspecified atom stereocenters. The molecule has 2 N–H and O–H groups in total. The zero-order chi connectivity index (χ0) is 72.6. The second kappa shape index (κ2) is 38.4. The molecule has 101 heavy (non-hydrogen) atoms. The number of carbonyl (C=O) groups excluding carboxylic acids is 1. The minimum atomic E-state index is -5.18. The number of likely N-dealkylation sites (N-methyl/N-ethyl adjacent to an activating group) is 6. The Hall–Kier alpha value is -3.39. The van der Waals surface area contributed by atoms with Gasteiger partial charge in [-0.2, -0.15) is 26.3 Å². The Bertz CT molecular complexity index is 2800. The first-order valence-corrected chi connectivity index (χ1v) is 39.4. The maximum Gasteiger partial charge on any atom is 0.422 e. The predicted molar refractivity (Wildman–Crippen MR) is 391 cm³/mol. The summed E-state index contributed by atoms with van der Waals surface area (Å²) in [4.78, 5) is 40.2. The van der Waals surface area contributed by atoms with Crippen LogP contribution >= 0.6 is 0 Å². The van der Waals surface area contributed by atoms with Gasteiger partial charge in [-0.05, 0) is 212 Å². The van der Waals surface area contributed by atoms with Gasteiger partial charge in [0.05, 0.1) is 17.7 Å². The summed E-state index contributed by atoms with van der Waals surface area (Å²) in [6, 6.07) is 8.38. The minimum Gasteiger partial charge on any atom is -0.377 e. The summed E-state index contributed by atoms with van der Waals surface area (Å²) >= 11 is 0. The van der Waals surface area contributed by atoms with Crippen molar-refractivity contribution in [2.75, 3.05) is 160 Å². The third-order valence-electron chi connectivity index (χ3n) is 25.2. The molecule has 4 saturated heterocycles. The molecule has 0 aromatic heterocycles. The van der Waals surface area contributed by atoms with Gasteiger partial charge in [0.25, 0.3) is 0 Å². The summed E-state index contributed by atoms with van der Waals surface area (Å²) in [5.74, 6) is -1.97. The van der Waals surface area contributed by atoms with E-state index in [1.807, 2.05) is 6.92 Å². The Morgan fingerprint density at radius 1 is 0.634 bits per heavy atom. The zero-order valence-corrected chi connectivity index (χ0v) is 63.4. The molecule has 2 aromatic carbocycles. The van der Waals surface area contributed by atoms with Crippen molar-refractivity contribution in [2.24, 2.45) is 11.8 Å². The Morgan fingerprint density at radius 2 is 1.36 bits per heavy atom. The molecule has 12 atom stereocenters. The Morgan fingerprint density at radius 3 is 2.01 bits per heavy atom. The molecular weight excluding hydrogens is 1300 g/mol. The summed E-state index contributed by atoms with van der Waals surface area (Å²) in [5.41, 5.74) is -1.62. The van der Waals surface area contributed by atoms with E-state index in [0.29, 0.717) is 82.1 Å². The first kappa shape index (κ1) is 81.7. The second-order valence-corrected chi connectivity index (χ2v) is 32.3. The fourth-order valence-electron chi connectivity index (χ4n) is 18.5. The second-order valence-electron chi connectivity index (χ2n) is 32.3. The van der Waals surface area contributed by atoms with Crippen LogP contribution in [0.4, 0.5) is 35.1 Å². The van der Waals surface area contributed by atoms with Crippen LogP contribution in [-0.2, 0) is 34.7 Å². The third-order valence-corrected chi connectivity index (χ3v) is 25.2. The number of hydrogen-bond donors (Lipinski definition) is 2. The van der Waals surface area contributed by atoms with Gasteiger partial charge in [-0.1, -0.05) is 70.7 Å². The molecule has 5 heterocycles. The van der Waals surface area contributed by atoms with E-state index in [1.54, 1.807) is 12.1 Å². The fraction of sp³-hybridized carbons (Fsp3) is 0.810. The number of halogens is 8. The molecule has 2 bridgehead atoms. The smallest absolute Gasteiger partial charge is 0.377 e. The van der Waals surface area contributed by atoms with Crippen LogP contribution in [0, 0.1) is 23.5 Å². The number of amides is 1. The molecule has 2 saturated carbocycles. The number of alkyl halides is 6. The number of nitrogens with one attached hydrogen (secondary N) is 2. The topological polar surface area (TPSA) is 82.8 Å². The number of likely N-dealkylation sites (tertiary alicyclic amines) is 1. The molecular formula is C79H130F8N12O2. The molecule has 574 valence electrons. The number of aryl methyl sites for hydroxylation is 1. The zero-order valence-electron chi connectivity index (χ0n) is 63.4. The molecule has 2 aromatic rings. The maximum atomic E-state index is 15.3. The molecule has 9 rings (SSSR count). The first-order chi connectivity index (χ1) is 48.3. The SMILES string of the molecule is CCC[C@H]1CN[C@@H]([C@@H](C)CC)CN2CCC[C@H]2CN(C)[C@H]2C/C=C\CCN(C2)[C@@H](Cc2ccc(C(F)(F)F)cc2)CN(C)CCN[C@@H](CCc2cc(F)c(C(F)(F)F)c(F)c2)CN2C[C@H](OCC)C[C@H]2CN(C)C2(CCC2)CN(C)[C@@H](C2CCCC2)CN(C)[C@H](C(=O)N2CCCC2)CCN1C. The summed E-state index contributed by atoms with van der Waals surface area (Å²) in [6.45, 7) is 23.1. The molecule has 1 spiro atoms. The van der Waals surface area contributed by atoms with Crippen LogP contribution in [0.2, 0.25) is 0 Å². The molecule has 14 nitrogen and oxygen atoms in total. The van der Waals surface area contributed by atoms with Crippen LogP contribution in [-0.4, -0.2) is 281 Å². The van der Waals surface area contributed by atoms with Gasteiger partial charge in [0.1, 0.15) is 17.2 Å². The third kappa shape index (κ3) is 22.8. The van der Waals surface area contributed by atoms with Crippen molar-refractivity contribution in [3.8, 4) is 0 Å². The number of nitrogens with zero attached hydrogens (tertiary/aromatic N) is 10. The first-order valence-electron chi connectivity index (χ1n) is 39.4. The van der Waals surface area contributed by atoms with Crippen molar-refractivity contribution in [1.29, 1.82) is 0 Å². The molecule has 6 fully saturated rings. The van der Waals surface area contributed by atoms with Crippen molar-refractivity contribution in [3.63, 3.8) is 0 Å². The Kier molecular flexibility index (Phi) is 31.1. The van der Waals surface area contributed by atoms with Crippen molar-refractivity contribution < 1.29 is 44.7 Å². The molecule has 22 heteroatoms. The average Bonchev–Trinajstić information content (AvgIpc) is 1.45. The van der Waals surface area contributed by atoms with Gasteiger partial charge in [-0.25, -0.2) is 8.78 Å². The number of benzene rings is 2. The van der Waals surface area contributed by atoms with Crippen LogP contribution in [0.15, 0.2) is 48.6 Å². The van der Waals surface area contributed by atoms with Gasteiger partial charge in [0, 0.05) is 165 Å². The molecule has 2 aliphatic carbocycles. The van der Waals surface area contributed by atoms with Crippen LogP contribution in [0.1, 0.15) is 172 Å². The standard InChI is InChI=1S/C79H130F8N12O2/c1-11-23-64-48-89-72(58(4)12-2)55-98-41-21-27-66(98)51-92(7)65-26-15-14-18-40-97(53-65)67(44-59-28-31-62(32-29-59)78(82,83)84)50-90(5)43-37-88-63(33-30-60-45-70(80)75(71(81)46-60)79(85,86)87)49-99-54-69(101-13-3)47-68(99)52-95(10)77(35-22-36-77)57-94(9)74(61-24-16-17-25-61)56-93(8)73(34-42-91(64)6)76(100)96-38-19-20-39-96/h14-15,28-29,31-32,45-46,58,61,63-69,72-74,88-89H,11-13,16-27,30,33-44,47-57H2,1-10H3/b15-14-/t58-,63-,64-,65-,66-,67-,68-,69+,72+,73-,74+/m0/s1. The molecule has 1 amide bonds. The average molecular weight is 1430 g/mol. The van der Waals surface area contributed by atoms with Gasteiger partial charge in [-0.15, -0.1) is 0 Å². The van der Waals surface area contributed by atoms with E-state index in [-0.39, 0.29) is 65.8 Å². The van der Waals surface area contributed by atoms with E-state index in [9.17, 15) is 26.3 Å².